The molecular weight excluding hydrogens is 302 g/mol. The molecule has 2 aliphatic rings. The minimum Gasteiger partial charge on any atom is -0.394 e. The molecule has 0 bridgehead atoms. The number of likely N-dealkylation sites (N-methyl/N-ethyl adjacent to an activating group) is 2. The Morgan fingerprint density at radius 2 is 1.62 bits per heavy atom. The van der Waals surface area contributed by atoms with Crippen molar-refractivity contribution in [3.05, 3.63) is 71.8 Å². The molecule has 2 aliphatic heterocycles. The molecule has 2 rings (SSSR count). The van der Waals surface area contributed by atoms with Gasteiger partial charge in [-0.3, -0.25) is 9.59 Å². The average Bonchev–Trinajstić information content (AvgIpc) is 2.99. The number of nitrogens with one attached hydrogen (secondary N) is 1. The van der Waals surface area contributed by atoms with Gasteiger partial charge in [-0.05, 0) is 12.3 Å². The van der Waals surface area contributed by atoms with E-state index in [1.807, 2.05) is 43.6 Å². The third-order valence-corrected chi connectivity index (χ3v) is 4.11. The van der Waals surface area contributed by atoms with Gasteiger partial charge >= 0.3 is 0 Å². The van der Waals surface area contributed by atoms with Crippen LogP contribution in [0, 0.1) is 0 Å². The molecule has 0 unspecified atom stereocenters. The molecule has 5 nitrogen and oxygen atoms in total. The van der Waals surface area contributed by atoms with Gasteiger partial charge in [-0.25, -0.2) is 0 Å². The van der Waals surface area contributed by atoms with Crippen LogP contribution in [0.25, 0.3) is 0 Å². The molecule has 0 spiro atoms. The first kappa shape index (κ1) is 17.5. The van der Waals surface area contributed by atoms with E-state index >= 15 is 0 Å². The van der Waals surface area contributed by atoms with Gasteiger partial charge in [-0.15, -0.1) is 0 Å². The topological polar surface area (TPSA) is 52.7 Å². The van der Waals surface area contributed by atoms with Crippen LogP contribution in [0.2, 0.25) is 0 Å². The van der Waals surface area contributed by atoms with Crippen LogP contribution in [0.5, 0.6) is 0 Å². The minimum absolute atomic E-state index is 0.0610. The Balaban J connectivity index is 2.15. The van der Waals surface area contributed by atoms with E-state index in [0.717, 1.165) is 11.4 Å². The van der Waals surface area contributed by atoms with Gasteiger partial charge in [0.25, 0.3) is 11.8 Å². The van der Waals surface area contributed by atoms with Crippen LogP contribution in [0.15, 0.2) is 71.8 Å². The highest BCUT2D eigenvalue weighted by Gasteiger charge is 2.36. The summed E-state index contributed by atoms with van der Waals surface area (Å²) in [7, 11) is 5.26. The number of carbonyl (C=O) groups is 2. The maximum absolute atomic E-state index is 12.4. The molecule has 2 heterocycles. The lowest BCUT2D eigenvalue weighted by atomic mass is 10.1. The van der Waals surface area contributed by atoms with E-state index < -0.39 is 0 Å². The molecule has 0 radical (unpaired) electrons. The summed E-state index contributed by atoms with van der Waals surface area (Å²) < 4.78 is 0. The van der Waals surface area contributed by atoms with Crippen molar-refractivity contribution in [1.29, 1.82) is 0 Å². The molecule has 2 fully saturated rings. The number of hydrogen-bond acceptors (Lipinski definition) is 3. The zero-order valence-electron chi connectivity index (χ0n) is 14.4. The molecule has 126 valence electrons. The van der Waals surface area contributed by atoms with E-state index in [1.165, 1.54) is 0 Å². The highest BCUT2D eigenvalue weighted by Crippen LogP contribution is 2.35. The Kier molecular flexibility index (Phi) is 5.58. The average molecular weight is 325 g/mol. The molecular formula is C19H23N3O2. The van der Waals surface area contributed by atoms with Gasteiger partial charge in [0.1, 0.15) is 0 Å². The van der Waals surface area contributed by atoms with Crippen molar-refractivity contribution in [2.24, 2.45) is 0 Å². The fraction of sp³-hybridized carbons (Fsp3) is 0.263. The maximum Gasteiger partial charge on any atom is 0.255 e. The van der Waals surface area contributed by atoms with Crippen LogP contribution < -0.4 is 5.32 Å². The van der Waals surface area contributed by atoms with E-state index in [9.17, 15) is 9.59 Å². The lowest BCUT2D eigenvalue weighted by molar-refractivity contribution is -0.123. The molecule has 0 atom stereocenters. The van der Waals surface area contributed by atoms with Crippen LogP contribution in [-0.2, 0) is 9.59 Å². The predicted octanol–water partition coefficient (Wildman–Crippen LogP) is 2.25. The number of hydrogen-bond donors (Lipinski definition) is 1. The standard InChI is InChI=1S/C19H23N3O2/c1-14-12-16(19(24)21(14)3)17-13-15(18(23)22(17)4)10-8-6-5-7-9-11-20-2/h5-11,20H,1,12-13H2,2-4H3/b7-5?,8-6?,11-9?,15-10?,17-16+. The maximum atomic E-state index is 12.4. The van der Waals surface area contributed by atoms with Gasteiger partial charge in [0.2, 0.25) is 0 Å². The second-order valence-electron chi connectivity index (χ2n) is 5.68. The molecule has 0 aromatic heterocycles. The SMILES string of the molecule is C=C1C/C(=C2/CC(=CC=CC=CC=CNC)C(=O)N2C)C(=O)N1C. The molecule has 5 heteroatoms. The van der Waals surface area contributed by atoms with Crippen LogP contribution in [0.1, 0.15) is 12.8 Å². The highest BCUT2D eigenvalue weighted by molar-refractivity contribution is 6.03. The van der Waals surface area contributed by atoms with Crippen molar-refractivity contribution in [2.75, 3.05) is 21.1 Å². The first-order valence-corrected chi connectivity index (χ1v) is 7.79. The van der Waals surface area contributed by atoms with Crippen molar-refractivity contribution < 1.29 is 9.59 Å². The molecule has 1 N–H and O–H groups in total. The number of nitrogens with zero attached hydrogens (tertiary/aromatic N) is 2. The Hall–Kier alpha value is -2.82. The predicted molar refractivity (Wildman–Crippen MR) is 95.5 cm³/mol. The minimum atomic E-state index is -0.0642. The molecule has 0 aliphatic carbocycles. The summed E-state index contributed by atoms with van der Waals surface area (Å²) in [6.07, 6.45) is 14.0. The Morgan fingerprint density at radius 1 is 0.958 bits per heavy atom. The third kappa shape index (κ3) is 3.56. The Morgan fingerprint density at radius 3 is 2.25 bits per heavy atom. The summed E-state index contributed by atoms with van der Waals surface area (Å²) in [5.74, 6) is -0.125. The van der Waals surface area contributed by atoms with Crippen molar-refractivity contribution >= 4 is 11.8 Å². The smallest absolute Gasteiger partial charge is 0.255 e. The van der Waals surface area contributed by atoms with E-state index in [2.05, 4.69) is 11.9 Å². The molecule has 24 heavy (non-hydrogen) atoms. The molecule has 0 aromatic carbocycles. The van der Waals surface area contributed by atoms with Crippen LogP contribution >= 0.6 is 0 Å². The fourth-order valence-electron chi connectivity index (χ4n) is 2.64. The summed E-state index contributed by atoms with van der Waals surface area (Å²) >= 11 is 0. The second-order valence-corrected chi connectivity index (χ2v) is 5.68. The van der Waals surface area contributed by atoms with Gasteiger partial charge in [0.05, 0.1) is 0 Å². The largest absolute Gasteiger partial charge is 0.394 e. The third-order valence-electron chi connectivity index (χ3n) is 4.11. The van der Waals surface area contributed by atoms with Crippen LogP contribution in [0.3, 0.4) is 0 Å². The van der Waals surface area contributed by atoms with E-state index in [1.54, 1.807) is 30.0 Å². The summed E-state index contributed by atoms with van der Waals surface area (Å²) in [6, 6.07) is 0. The van der Waals surface area contributed by atoms with Gasteiger partial charge < -0.3 is 15.1 Å². The fourth-order valence-corrected chi connectivity index (χ4v) is 2.64. The molecule has 0 saturated carbocycles. The monoisotopic (exact) mass is 325 g/mol. The summed E-state index contributed by atoms with van der Waals surface area (Å²) in [6.45, 7) is 3.89. The highest BCUT2D eigenvalue weighted by atomic mass is 16.2. The van der Waals surface area contributed by atoms with E-state index in [0.29, 0.717) is 24.0 Å². The molecule has 2 amide bonds. The van der Waals surface area contributed by atoms with Gasteiger partial charge in [-0.2, -0.15) is 0 Å². The quantitative estimate of drug-likeness (QED) is 0.637. The second kappa shape index (κ2) is 7.64. The summed E-state index contributed by atoms with van der Waals surface area (Å²) in [5, 5.41) is 2.90. The van der Waals surface area contributed by atoms with Crippen molar-refractivity contribution in [1.82, 2.24) is 15.1 Å². The number of allylic oxidation sites excluding steroid dienone is 8. The number of carbonyl (C=O) groups excluding carboxylic acids is 2. The zero-order chi connectivity index (χ0) is 17.7. The van der Waals surface area contributed by atoms with E-state index in [4.69, 9.17) is 0 Å². The first-order valence-electron chi connectivity index (χ1n) is 7.79. The number of rotatable bonds is 4. The Labute approximate surface area is 143 Å². The lowest BCUT2D eigenvalue weighted by Crippen LogP contribution is -2.22. The van der Waals surface area contributed by atoms with Crippen LogP contribution in [0.4, 0.5) is 0 Å². The Bertz CT molecular complexity index is 708. The van der Waals surface area contributed by atoms with Gasteiger partial charge in [0, 0.05) is 56.5 Å². The van der Waals surface area contributed by atoms with Crippen molar-refractivity contribution in [3.8, 4) is 0 Å². The van der Waals surface area contributed by atoms with Crippen molar-refractivity contribution in [2.45, 2.75) is 12.8 Å². The summed E-state index contributed by atoms with van der Waals surface area (Å²) in [4.78, 5) is 27.7. The van der Waals surface area contributed by atoms with Gasteiger partial charge in [0.15, 0.2) is 0 Å². The zero-order valence-corrected chi connectivity index (χ0v) is 14.4. The van der Waals surface area contributed by atoms with Crippen molar-refractivity contribution in [3.63, 3.8) is 0 Å². The van der Waals surface area contributed by atoms with Crippen LogP contribution in [-0.4, -0.2) is 42.8 Å². The number of amides is 2. The summed E-state index contributed by atoms with van der Waals surface area (Å²) in [5.41, 5.74) is 2.90. The molecule has 2 saturated heterocycles. The normalized spacial score (nSPS) is 24.1. The molecule has 0 aromatic rings. The van der Waals surface area contributed by atoms with Gasteiger partial charge in [-0.1, -0.05) is 37.0 Å². The lowest BCUT2D eigenvalue weighted by Gasteiger charge is -2.12. The first-order chi connectivity index (χ1) is 11.5. The van der Waals surface area contributed by atoms with E-state index in [-0.39, 0.29) is 11.8 Å². The number of likely N-dealkylation sites (tertiary alicyclic amines) is 2.